The summed E-state index contributed by atoms with van der Waals surface area (Å²) < 4.78 is 27.7. The first-order valence-corrected chi connectivity index (χ1v) is 11.2. The van der Waals surface area contributed by atoms with E-state index in [1.807, 2.05) is 4.90 Å². The van der Waals surface area contributed by atoms with Crippen molar-refractivity contribution >= 4 is 44.3 Å². The van der Waals surface area contributed by atoms with Crippen LogP contribution < -0.4 is 4.90 Å². The number of rotatable bonds is 4. The number of halogens is 1. The average Bonchev–Trinajstić information content (AvgIpc) is 2.96. The molecule has 2 heterocycles. The van der Waals surface area contributed by atoms with E-state index in [0.29, 0.717) is 48.6 Å². The van der Waals surface area contributed by atoms with Gasteiger partial charge >= 0.3 is 0 Å². The van der Waals surface area contributed by atoms with Gasteiger partial charge in [-0.15, -0.1) is 0 Å². The maximum absolute atomic E-state index is 13.1. The molecule has 3 aromatic rings. The van der Waals surface area contributed by atoms with E-state index < -0.39 is 14.9 Å². The van der Waals surface area contributed by atoms with Crippen LogP contribution in [0.25, 0.3) is 11.0 Å². The number of imidazole rings is 1. The molecule has 2 aromatic carbocycles. The van der Waals surface area contributed by atoms with Crippen molar-refractivity contribution in [1.82, 2.24) is 14.3 Å². The van der Waals surface area contributed by atoms with Crippen molar-refractivity contribution in [2.75, 3.05) is 31.1 Å². The Labute approximate surface area is 178 Å². The molecule has 30 heavy (non-hydrogen) atoms. The van der Waals surface area contributed by atoms with E-state index in [4.69, 9.17) is 11.6 Å². The number of nitrogens with zero attached hydrogens (tertiary/aromatic N) is 4. The summed E-state index contributed by atoms with van der Waals surface area (Å²) in [5, 5.41) is 11.2. The fraction of sp³-hybridized carbons (Fsp3) is 0.316. The van der Waals surface area contributed by atoms with E-state index in [1.165, 1.54) is 22.5 Å². The quantitative estimate of drug-likeness (QED) is 0.483. The lowest BCUT2D eigenvalue weighted by molar-refractivity contribution is -0.384. The van der Waals surface area contributed by atoms with Crippen LogP contribution in [0.1, 0.15) is 12.0 Å². The molecule has 4 rings (SSSR count). The highest BCUT2D eigenvalue weighted by molar-refractivity contribution is 7.89. The van der Waals surface area contributed by atoms with Gasteiger partial charge in [-0.3, -0.25) is 10.1 Å². The molecule has 1 aliphatic rings. The third-order valence-corrected chi connectivity index (χ3v) is 7.75. The summed E-state index contributed by atoms with van der Waals surface area (Å²) in [6.45, 7) is 3.47. The Bertz CT molecular complexity index is 1230. The Morgan fingerprint density at radius 1 is 1.17 bits per heavy atom. The first-order valence-electron chi connectivity index (χ1n) is 9.42. The van der Waals surface area contributed by atoms with Crippen molar-refractivity contribution in [3.05, 3.63) is 57.1 Å². The molecule has 158 valence electrons. The van der Waals surface area contributed by atoms with Crippen LogP contribution >= 0.6 is 11.6 Å². The number of nitrogens with one attached hydrogen (secondary N) is 1. The summed E-state index contributed by atoms with van der Waals surface area (Å²) in [7, 11) is -3.71. The van der Waals surface area contributed by atoms with Gasteiger partial charge in [0.2, 0.25) is 16.0 Å². The summed E-state index contributed by atoms with van der Waals surface area (Å²) in [5.74, 6) is 0.568. The molecule has 0 atom stereocenters. The zero-order valence-corrected chi connectivity index (χ0v) is 17.8. The molecule has 1 aliphatic heterocycles. The Hall–Kier alpha value is -2.69. The van der Waals surface area contributed by atoms with E-state index in [-0.39, 0.29) is 22.2 Å². The van der Waals surface area contributed by atoms with Gasteiger partial charge in [-0.1, -0.05) is 23.7 Å². The third kappa shape index (κ3) is 3.73. The third-order valence-electron chi connectivity index (χ3n) is 5.19. The number of aryl methyl sites for hydroxylation is 1. The monoisotopic (exact) mass is 449 g/mol. The number of hydrogen-bond donors (Lipinski definition) is 1. The minimum atomic E-state index is -3.71. The average molecular weight is 450 g/mol. The highest BCUT2D eigenvalue weighted by atomic mass is 35.5. The summed E-state index contributed by atoms with van der Waals surface area (Å²) in [4.78, 5) is 20.2. The first kappa shape index (κ1) is 20.6. The molecule has 0 bridgehead atoms. The smallest absolute Gasteiger partial charge is 0.271 e. The Kier molecular flexibility index (Phi) is 5.39. The van der Waals surface area contributed by atoms with Gasteiger partial charge in [-0.05, 0) is 31.0 Å². The summed E-state index contributed by atoms with van der Waals surface area (Å²) in [5.41, 5.74) is 1.89. The van der Waals surface area contributed by atoms with Gasteiger partial charge in [0.1, 0.15) is 4.90 Å². The largest absolute Gasteiger partial charge is 0.341 e. The predicted molar refractivity (Wildman–Crippen MR) is 115 cm³/mol. The van der Waals surface area contributed by atoms with Crippen LogP contribution in [0, 0.1) is 17.0 Å². The Balaban J connectivity index is 1.56. The van der Waals surface area contributed by atoms with Crippen LogP contribution in [0.3, 0.4) is 0 Å². The van der Waals surface area contributed by atoms with Crippen molar-refractivity contribution in [1.29, 1.82) is 0 Å². The van der Waals surface area contributed by atoms with Crippen LogP contribution in [0.15, 0.2) is 41.3 Å². The first-order chi connectivity index (χ1) is 14.3. The molecule has 1 N–H and O–H groups in total. The van der Waals surface area contributed by atoms with Crippen LogP contribution in [-0.2, 0) is 10.0 Å². The molecule has 1 aromatic heterocycles. The molecule has 0 amide bonds. The van der Waals surface area contributed by atoms with Crippen molar-refractivity contribution in [3.63, 3.8) is 0 Å². The van der Waals surface area contributed by atoms with Crippen molar-refractivity contribution in [3.8, 4) is 0 Å². The van der Waals surface area contributed by atoms with Gasteiger partial charge in [0, 0.05) is 38.3 Å². The molecular formula is C19H20ClN5O4S. The Morgan fingerprint density at radius 3 is 2.73 bits per heavy atom. The molecular weight excluding hydrogens is 430 g/mol. The number of benzene rings is 2. The lowest BCUT2D eigenvalue weighted by Gasteiger charge is -2.22. The summed E-state index contributed by atoms with van der Waals surface area (Å²) in [6, 6.07) is 9.44. The van der Waals surface area contributed by atoms with Crippen molar-refractivity contribution < 1.29 is 13.3 Å². The fourth-order valence-electron chi connectivity index (χ4n) is 3.55. The molecule has 0 aliphatic carbocycles. The number of nitro benzene ring substituents is 1. The lowest BCUT2D eigenvalue weighted by atomic mass is 10.2. The summed E-state index contributed by atoms with van der Waals surface area (Å²) in [6.07, 6.45) is 0.611. The second-order valence-electron chi connectivity index (χ2n) is 7.15. The van der Waals surface area contributed by atoms with Gasteiger partial charge in [0.15, 0.2) is 0 Å². The van der Waals surface area contributed by atoms with Crippen LogP contribution in [0.5, 0.6) is 0 Å². The highest BCUT2D eigenvalue weighted by Gasteiger charge is 2.29. The van der Waals surface area contributed by atoms with Gasteiger partial charge in [0.25, 0.3) is 5.69 Å². The van der Waals surface area contributed by atoms with E-state index in [2.05, 4.69) is 9.97 Å². The zero-order chi connectivity index (χ0) is 21.5. The number of aromatic amines is 1. The number of sulfonamides is 1. The predicted octanol–water partition coefficient (Wildman–Crippen LogP) is 3.33. The van der Waals surface area contributed by atoms with Crippen molar-refractivity contribution in [2.45, 2.75) is 18.2 Å². The molecule has 0 saturated carbocycles. The van der Waals surface area contributed by atoms with Gasteiger partial charge in [0.05, 0.1) is 21.0 Å². The number of non-ortho nitro benzene ring substituents is 1. The molecule has 1 fully saturated rings. The molecule has 0 unspecified atom stereocenters. The van der Waals surface area contributed by atoms with Crippen molar-refractivity contribution in [2.24, 2.45) is 0 Å². The van der Waals surface area contributed by atoms with Crippen LogP contribution in [-0.4, -0.2) is 53.8 Å². The number of anilines is 1. The van der Waals surface area contributed by atoms with E-state index >= 15 is 0 Å². The van der Waals surface area contributed by atoms with Gasteiger partial charge in [-0.25, -0.2) is 13.4 Å². The minimum absolute atomic E-state index is 0.0131. The molecule has 0 spiro atoms. The lowest BCUT2D eigenvalue weighted by Crippen LogP contribution is -2.35. The van der Waals surface area contributed by atoms with Crippen LogP contribution in [0.4, 0.5) is 11.6 Å². The Morgan fingerprint density at radius 2 is 1.97 bits per heavy atom. The zero-order valence-electron chi connectivity index (χ0n) is 16.2. The number of fused-ring (bicyclic) bond motifs is 1. The maximum Gasteiger partial charge on any atom is 0.271 e. The van der Waals surface area contributed by atoms with Gasteiger partial charge in [-0.2, -0.15) is 4.31 Å². The standard InChI is InChI=1S/C19H20ClN5O4S/c1-13-4-2-5-17(18(13)20)30(28,29)24-9-3-8-23(10-11-24)19-21-15-7-6-14(25(26)27)12-16(15)22-19/h2,4-7,12H,3,8-11H2,1H3,(H,21,22). The second kappa shape index (κ2) is 7.86. The van der Waals surface area contributed by atoms with E-state index in [9.17, 15) is 18.5 Å². The van der Waals surface area contributed by atoms with E-state index in [1.54, 1.807) is 25.1 Å². The number of nitro groups is 1. The van der Waals surface area contributed by atoms with Crippen LogP contribution in [0.2, 0.25) is 5.02 Å². The summed E-state index contributed by atoms with van der Waals surface area (Å²) >= 11 is 6.26. The second-order valence-corrected chi connectivity index (χ2v) is 9.44. The molecule has 11 heteroatoms. The van der Waals surface area contributed by atoms with E-state index in [0.717, 1.165) is 0 Å². The van der Waals surface area contributed by atoms with Gasteiger partial charge < -0.3 is 9.88 Å². The molecule has 0 radical (unpaired) electrons. The number of hydrogen-bond acceptors (Lipinski definition) is 6. The number of aromatic nitrogens is 2. The fourth-order valence-corrected chi connectivity index (χ4v) is 5.58. The topological polar surface area (TPSA) is 112 Å². The molecule has 9 nitrogen and oxygen atoms in total. The number of H-pyrrole nitrogens is 1. The normalized spacial score (nSPS) is 16.0. The molecule has 1 saturated heterocycles. The maximum atomic E-state index is 13.1. The minimum Gasteiger partial charge on any atom is -0.341 e. The SMILES string of the molecule is Cc1cccc(S(=O)(=O)N2CCCN(c3nc4ccc([N+](=O)[O-])cc4[nH]3)CC2)c1Cl. The highest BCUT2D eigenvalue weighted by Crippen LogP contribution is 2.29.